The van der Waals surface area contributed by atoms with E-state index in [9.17, 15) is 9.59 Å². The van der Waals surface area contributed by atoms with E-state index in [4.69, 9.17) is 9.15 Å². The Morgan fingerprint density at radius 3 is 2.71 bits per heavy atom. The van der Waals surface area contributed by atoms with Gasteiger partial charge in [-0.2, -0.15) is 0 Å². The number of amides is 2. The number of carbonyl (C=O) groups is 2. The second-order valence-electron chi connectivity index (χ2n) is 8.80. The van der Waals surface area contributed by atoms with Crippen LogP contribution in [0.4, 0.5) is 0 Å². The van der Waals surface area contributed by atoms with Gasteiger partial charge in [0.2, 0.25) is 5.91 Å². The average molecular weight is 474 g/mol. The van der Waals surface area contributed by atoms with Crippen molar-refractivity contribution in [3.05, 3.63) is 90.2 Å². The first-order valence-electron chi connectivity index (χ1n) is 11.9. The van der Waals surface area contributed by atoms with Gasteiger partial charge in [-0.15, -0.1) is 0 Å². The molecule has 7 nitrogen and oxygen atoms in total. The number of piperidine rings is 1. The Morgan fingerprint density at radius 1 is 1.20 bits per heavy atom. The molecule has 3 aromatic rings. The van der Waals surface area contributed by atoms with Gasteiger partial charge >= 0.3 is 0 Å². The summed E-state index contributed by atoms with van der Waals surface area (Å²) in [5.74, 6) is 1.23. The van der Waals surface area contributed by atoms with Crippen LogP contribution in [0.1, 0.15) is 34.5 Å². The van der Waals surface area contributed by atoms with Crippen LogP contribution in [0.15, 0.2) is 77.7 Å². The zero-order chi connectivity index (χ0) is 24.6. The fourth-order valence-electron chi connectivity index (χ4n) is 4.64. The van der Waals surface area contributed by atoms with Crippen LogP contribution in [0.5, 0.6) is 5.75 Å². The highest BCUT2D eigenvalue weighted by Gasteiger charge is 2.33. The summed E-state index contributed by atoms with van der Waals surface area (Å²) >= 11 is 0. The van der Waals surface area contributed by atoms with E-state index >= 15 is 0 Å². The highest BCUT2D eigenvalue weighted by atomic mass is 16.5. The van der Waals surface area contributed by atoms with Crippen LogP contribution in [0.25, 0.3) is 6.08 Å². The molecule has 4 rings (SSSR count). The Kier molecular flexibility index (Phi) is 7.98. The molecule has 2 aromatic heterocycles. The number of likely N-dealkylation sites (tertiary alicyclic amines) is 1. The van der Waals surface area contributed by atoms with E-state index in [1.165, 1.54) is 6.26 Å². The second kappa shape index (κ2) is 11.5. The lowest BCUT2D eigenvalue weighted by molar-refractivity contribution is -0.127. The molecule has 7 heteroatoms. The van der Waals surface area contributed by atoms with Crippen molar-refractivity contribution in [2.45, 2.75) is 25.3 Å². The third kappa shape index (κ3) is 6.18. The average Bonchev–Trinajstić information content (AvgIpc) is 3.45. The first kappa shape index (κ1) is 24.3. The first-order valence-corrected chi connectivity index (χ1v) is 11.9. The summed E-state index contributed by atoms with van der Waals surface area (Å²) in [6.07, 6.45) is 10.7. The maximum Gasteiger partial charge on any atom is 0.289 e. The lowest BCUT2D eigenvalue weighted by Gasteiger charge is -2.39. The minimum absolute atomic E-state index is 0.00309. The standard InChI is InChI=1S/C28H31N3O4/c1-30(28(33)26-9-5-17-35-26)25(19-22-6-3-8-24(18-22)34-2)23-12-15-31(16-13-23)27(32)11-10-21-7-4-14-29-20-21/h3-11,14,17-18,20,23,25H,12-13,15-16,19H2,1-2H3/b11-10+/t25-/m0/s1. The fraction of sp³-hybridized carbons (Fsp3) is 0.321. The van der Waals surface area contributed by atoms with Crippen molar-refractivity contribution in [1.82, 2.24) is 14.8 Å². The number of ether oxygens (including phenoxy) is 1. The van der Waals surface area contributed by atoms with E-state index in [-0.39, 0.29) is 23.8 Å². The zero-order valence-corrected chi connectivity index (χ0v) is 20.2. The molecule has 0 radical (unpaired) electrons. The predicted octanol–water partition coefficient (Wildman–Crippen LogP) is 4.32. The Labute approximate surface area is 206 Å². The molecule has 1 saturated heterocycles. The number of likely N-dealkylation sites (N-methyl/N-ethyl adjacent to an activating group) is 1. The third-order valence-corrected chi connectivity index (χ3v) is 6.63. The molecule has 182 valence electrons. The highest BCUT2D eigenvalue weighted by Crippen LogP contribution is 2.28. The van der Waals surface area contributed by atoms with Gasteiger partial charge in [0.1, 0.15) is 5.75 Å². The van der Waals surface area contributed by atoms with Gasteiger partial charge in [0, 0.05) is 44.6 Å². The molecule has 0 saturated carbocycles. The molecule has 0 aliphatic carbocycles. The van der Waals surface area contributed by atoms with Crippen LogP contribution < -0.4 is 4.74 Å². The van der Waals surface area contributed by atoms with Gasteiger partial charge in [-0.1, -0.05) is 18.2 Å². The third-order valence-electron chi connectivity index (χ3n) is 6.63. The van der Waals surface area contributed by atoms with Crippen molar-refractivity contribution in [2.24, 2.45) is 5.92 Å². The summed E-state index contributed by atoms with van der Waals surface area (Å²) in [6, 6.07) is 15.1. The van der Waals surface area contributed by atoms with Crippen LogP contribution in [0.3, 0.4) is 0 Å². The molecule has 1 atom stereocenters. The van der Waals surface area contributed by atoms with Crippen LogP contribution >= 0.6 is 0 Å². The van der Waals surface area contributed by atoms with Crippen molar-refractivity contribution in [3.8, 4) is 5.75 Å². The molecular weight excluding hydrogens is 442 g/mol. The Bertz CT molecular complexity index is 1140. The second-order valence-corrected chi connectivity index (χ2v) is 8.80. The molecule has 0 unspecified atom stereocenters. The smallest absolute Gasteiger partial charge is 0.289 e. The number of aromatic nitrogens is 1. The van der Waals surface area contributed by atoms with Gasteiger partial charge in [-0.05, 0) is 72.7 Å². The zero-order valence-electron chi connectivity index (χ0n) is 20.2. The lowest BCUT2D eigenvalue weighted by atomic mass is 9.84. The number of benzene rings is 1. The first-order chi connectivity index (χ1) is 17.0. The van der Waals surface area contributed by atoms with E-state index in [2.05, 4.69) is 11.1 Å². The Morgan fingerprint density at radius 2 is 2.03 bits per heavy atom. The quantitative estimate of drug-likeness (QED) is 0.456. The number of pyridine rings is 1. The maximum absolute atomic E-state index is 13.1. The molecule has 2 amide bonds. The highest BCUT2D eigenvalue weighted by molar-refractivity contribution is 5.92. The number of hydrogen-bond donors (Lipinski definition) is 0. The minimum Gasteiger partial charge on any atom is -0.497 e. The topological polar surface area (TPSA) is 75.9 Å². The van der Waals surface area contributed by atoms with Crippen LogP contribution in [0, 0.1) is 5.92 Å². The number of methoxy groups -OCH3 is 1. The Balaban J connectivity index is 1.45. The molecule has 3 heterocycles. The monoisotopic (exact) mass is 473 g/mol. The molecule has 1 aliphatic rings. The van der Waals surface area contributed by atoms with Crippen LogP contribution in [-0.4, -0.2) is 59.9 Å². The van der Waals surface area contributed by atoms with E-state index < -0.39 is 0 Å². The van der Waals surface area contributed by atoms with Gasteiger partial charge < -0.3 is 19.0 Å². The van der Waals surface area contributed by atoms with Crippen LogP contribution in [0.2, 0.25) is 0 Å². The van der Waals surface area contributed by atoms with Gasteiger partial charge in [0.25, 0.3) is 5.91 Å². The molecule has 1 fully saturated rings. The van der Waals surface area contributed by atoms with Gasteiger partial charge in [-0.25, -0.2) is 0 Å². The predicted molar refractivity (Wildman–Crippen MR) is 134 cm³/mol. The number of nitrogens with zero attached hydrogens (tertiary/aromatic N) is 3. The fourth-order valence-corrected chi connectivity index (χ4v) is 4.64. The Hall–Kier alpha value is -3.87. The van der Waals surface area contributed by atoms with Gasteiger partial charge in [-0.3, -0.25) is 14.6 Å². The van der Waals surface area contributed by atoms with Gasteiger partial charge in [0.05, 0.1) is 13.4 Å². The lowest BCUT2D eigenvalue weighted by Crippen LogP contribution is -2.48. The van der Waals surface area contributed by atoms with Crippen molar-refractivity contribution in [1.29, 1.82) is 0 Å². The van der Waals surface area contributed by atoms with E-state index in [1.54, 1.807) is 48.7 Å². The number of hydrogen-bond acceptors (Lipinski definition) is 5. The number of rotatable bonds is 8. The summed E-state index contributed by atoms with van der Waals surface area (Å²) in [5.41, 5.74) is 2.00. The van der Waals surface area contributed by atoms with Crippen LogP contribution in [-0.2, 0) is 11.2 Å². The van der Waals surface area contributed by atoms with Crippen molar-refractivity contribution < 1.29 is 18.7 Å². The molecule has 1 aromatic carbocycles. The maximum atomic E-state index is 13.1. The minimum atomic E-state index is -0.138. The number of furan rings is 1. The molecule has 0 spiro atoms. The SMILES string of the molecule is COc1cccc(C[C@@H](C2CCN(C(=O)/C=C/c3cccnc3)CC2)N(C)C(=O)c2ccco2)c1. The summed E-state index contributed by atoms with van der Waals surface area (Å²) in [4.78, 5) is 33.6. The number of carbonyl (C=O) groups excluding carboxylic acids is 2. The molecular formula is C28H31N3O4. The molecule has 1 aliphatic heterocycles. The van der Waals surface area contributed by atoms with E-state index in [1.807, 2.05) is 42.3 Å². The normalized spacial score (nSPS) is 15.2. The summed E-state index contributed by atoms with van der Waals surface area (Å²) in [6.45, 7) is 1.30. The van der Waals surface area contributed by atoms with Gasteiger partial charge in [0.15, 0.2) is 5.76 Å². The largest absolute Gasteiger partial charge is 0.497 e. The molecule has 35 heavy (non-hydrogen) atoms. The summed E-state index contributed by atoms with van der Waals surface area (Å²) in [5, 5.41) is 0. The summed E-state index contributed by atoms with van der Waals surface area (Å²) < 4.78 is 10.8. The molecule has 0 bridgehead atoms. The molecule has 0 N–H and O–H groups in total. The van der Waals surface area contributed by atoms with E-state index in [0.29, 0.717) is 25.3 Å². The van der Waals surface area contributed by atoms with Crippen molar-refractivity contribution >= 4 is 17.9 Å². The van der Waals surface area contributed by atoms with Crippen molar-refractivity contribution in [3.63, 3.8) is 0 Å². The van der Waals surface area contributed by atoms with Crippen molar-refractivity contribution in [2.75, 3.05) is 27.2 Å². The van der Waals surface area contributed by atoms with E-state index in [0.717, 1.165) is 29.7 Å². The summed E-state index contributed by atoms with van der Waals surface area (Å²) in [7, 11) is 3.49.